The van der Waals surface area contributed by atoms with Crippen LogP contribution in [0, 0.1) is 6.92 Å². The molecular weight excluding hydrogens is 298 g/mol. The normalized spacial score (nSPS) is 10.2. The summed E-state index contributed by atoms with van der Waals surface area (Å²) in [5.74, 6) is -0.679. The van der Waals surface area contributed by atoms with Crippen LogP contribution in [0.15, 0.2) is 84.9 Å². The molecular formula is C21H17NO2. The molecule has 0 radical (unpaired) electrons. The third-order valence-electron chi connectivity index (χ3n) is 3.74. The molecule has 3 aromatic carbocycles. The fourth-order valence-corrected chi connectivity index (χ4v) is 2.44. The second-order valence-electron chi connectivity index (χ2n) is 5.51. The van der Waals surface area contributed by atoms with Crippen LogP contribution in [0.4, 0.5) is 5.69 Å². The summed E-state index contributed by atoms with van der Waals surface area (Å²) >= 11 is 0. The van der Waals surface area contributed by atoms with Gasteiger partial charge < -0.3 is 0 Å². The number of hydrogen-bond donors (Lipinski definition) is 0. The van der Waals surface area contributed by atoms with Crippen LogP contribution >= 0.6 is 0 Å². The molecule has 3 heteroatoms. The maximum absolute atomic E-state index is 13.0. The first kappa shape index (κ1) is 15.7. The first-order valence-corrected chi connectivity index (χ1v) is 7.72. The second-order valence-corrected chi connectivity index (χ2v) is 5.51. The van der Waals surface area contributed by atoms with Gasteiger partial charge in [-0.2, -0.15) is 0 Å². The van der Waals surface area contributed by atoms with Gasteiger partial charge in [-0.3, -0.25) is 9.59 Å². The Kier molecular flexibility index (Phi) is 4.52. The quantitative estimate of drug-likeness (QED) is 0.668. The second kappa shape index (κ2) is 6.92. The van der Waals surface area contributed by atoms with Crippen LogP contribution < -0.4 is 4.90 Å². The van der Waals surface area contributed by atoms with E-state index in [1.54, 1.807) is 60.7 Å². The van der Waals surface area contributed by atoms with E-state index in [1.165, 1.54) is 4.90 Å². The average Bonchev–Trinajstić information content (AvgIpc) is 2.64. The molecule has 0 heterocycles. The Balaban J connectivity index is 2.05. The Morgan fingerprint density at radius 3 is 1.46 bits per heavy atom. The number of carbonyl (C=O) groups is 2. The number of amides is 2. The number of hydrogen-bond acceptors (Lipinski definition) is 2. The van der Waals surface area contributed by atoms with Crippen molar-refractivity contribution in [2.45, 2.75) is 6.92 Å². The average molecular weight is 315 g/mol. The predicted octanol–water partition coefficient (Wildman–Crippen LogP) is 4.48. The summed E-state index contributed by atoms with van der Waals surface area (Å²) in [5.41, 5.74) is 2.58. The molecule has 3 rings (SSSR count). The lowest BCUT2D eigenvalue weighted by Gasteiger charge is -2.21. The molecule has 0 fully saturated rings. The van der Waals surface area contributed by atoms with E-state index in [4.69, 9.17) is 0 Å². The molecule has 0 aliphatic rings. The highest BCUT2D eigenvalue weighted by atomic mass is 16.2. The molecule has 0 N–H and O–H groups in total. The van der Waals surface area contributed by atoms with Gasteiger partial charge in [0.1, 0.15) is 0 Å². The SMILES string of the molecule is Cc1ccc(N(C(=O)c2ccccc2)C(=O)c2ccccc2)cc1. The molecule has 0 saturated heterocycles. The summed E-state index contributed by atoms with van der Waals surface area (Å²) in [6, 6.07) is 25.0. The van der Waals surface area contributed by atoms with Crippen molar-refractivity contribution in [2.24, 2.45) is 0 Å². The van der Waals surface area contributed by atoms with Gasteiger partial charge in [0.05, 0.1) is 5.69 Å². The Hall–Kier alpha value is -3.20. The minimum Gasteiger partial charge on any atom is -0.268 e. The maximum atomic E-state index is 13.0. The van der Waals surface area contributed by atoms with Gasteiger partial charge >= 0.3 is 0 Å². The highest BCUT2D eigenvalue weighted by Gasteiger charge is 2.25. The smallest absolute Gasteiger partial charge is 0.265 e. The molecule has 0 atom stereocenters. The molecule has 0 spiro atoms. The van der Waals surface area contributed by atoms with Crippen LogP contribution in [-0.4, -0.2) is 11.8 Å². The summed E-state index contributed by atoms with van der Waals surface area (Å²) in [6.07, 6.45) is 0. The van der Waals surface area contributed by atoms with Crippen LogP contribution in [0.5, 0.6) is 0 Å². The number of nitrogens with zero attached hydrogens (tertiary/aromatic N) is 1. The van der Waals surface area contributed by atoms with Crippen molar-refractivity contribution < 1.29 is 9.59 Å². The van der Waals surface area contributed by atoms with E-state index in [1.807, 2.05) is 31.2 Å². The van der Waals surface area contributed by atoms with E-state index in [2.05, 4.69) is 0 Å². The number of benzene rings is 3. The number of imide groups is 1. The van der Waals surface area contributed by atoms with Gasteiger partial charge in [0.15, 0.2) is 0 Å². The number of aryl methyl sites for hydroxylation is 1. The standard InChI is InChI=1S/C21H17NO2/c1-16-12-14-19(15-13-16)22(20(23)17-8-4-2-5-9-17)21(24)18-10-6-3-7-11-18/h2-15H,1H3. The van der Waals surface area contributed by atoms with Gasteiger partial charge in [-0.1, -0.05) is 54.1 Å². The van der Waals surface area contributed by atoms with Crippen LogP contribution in [-0.2, 0) is 0 Å². The Labute approximate surface area is 141 Å². The minimum absolute atomic E-state index is 0.340. The van der Waals surface area contributed by atoms with Crippen molar-refractivity contribution in [1.82, 2.24) is 0 Å². The highest BCUT2D eigenvalue weighted by Crippen LogP contribution is 2.21. The van der Waals surface area contributed by atoms with Gasteiger partial charge in [-0.25, -0.2) is 4.90 Å². The predicted molar refractivity (Wildman–Crippen MR) is 95.2 cm³/mol. The molecule has 3 aromatic rings. The molecule has 0 aliphatic heterocycles. The largest absolute Gasteiger partial charge is 0.268 e. The molecule has 0 bridgehead atoms. The summed E-state index contributed by atoms with van der Waals surface area (Å²) in [6.45, 7) is 1.96. The van der Waals surface area contributed by atoms with Crippen LogP contribution in [0.3, 0.4) is 0 Å². The van der Waals surface area contributed by atoms with Crippen molar-refractivity contribution in [3.8, 4) is 0 Å². The van der Waals surface area contributed by atoms with E-state index in [0.29, 0.717) is 16.8 Å². The molecule has 0 aromatic heterocycles. The van der Waals surface area contributed by atoms with Gasteiger partial charge in [0, 0.05) is 11.1 Å². The first-order valence-electron chi connectivity index (χ1n) is 7.72. The molecule has 0 aliphatic carbocycles. The van der Waals surface area contributed by atoms with E-state index in [-0.39, 0.29) is 11.8 Å². The van der Waals surface area contributed by atoms with Crippen molar-refractivity contribution in [1.29, 1.82) is 0 Å². The molecule has 118 valence electrons. The highest BCUT2D eigenvalue weighted by molar-refractivity contribution is 6.25. The zero-order valence-corrected chi connectivity index (χ0v) is 13.3. The fourth-order valence-electron chi connectivity index (χ4n) is 2.44. The van der Waals surface area contributed by atoms with E-state index in [9.17, 15) is 9.59 Å². The van der Waals surface area contributed by atoms with E-state index < -0.39 is 0 Å². The third kappa shape index (κ3) is 3.25. The fraction of sp³-hybridized carbons (Fsp3) is 0.0476. The molecule has 0 unspecified atom stereocenters. The van der Waals surface area contributed by atoms with Crippen molar-refractivity contribution in [2.75, 3.05) is 4.90 Å². The maximum Gasteiger partial charge on any atom is 0.265 e. The Morgan fingerprint density at radius 1 is 0.625 bits per heavy atom. The monoisotopic (exact) mass is 315 g/mol. The molecule has 3 nitrogen and oxygen atoms in total. The van der Waals surface area contributed by atoms with E-state index >= 15 is 0 Å². The van der Waals surface area contributed by atoms with Crippen molar-refractivity contribution >= 4 is 17.5 Å². The minimum atomic E-state index is -0.340. The van der Waals surface area contributed by atoms with Gasteiger partial charge in [-0.05, 0) is 43.3 Å². The van der Waals surface area contributed by atoms with Crippen LogP contribution in [0.2, 0.25) is 0 Å². The summed E-state index contributed by atoms with van der Waals surface area (Å²) < 4.78 is 0. The number of carbonyl (C=O) groups excluding carboxylic acids is 2. The lowest BCUT2D eigenvalue weighted by atomic mass is 10.1. The number of anilines is 1. The summed E-state index contributed by atoms with van der Waals surface area (Å²) in [7, 11) is 0. The molecule has 24 heavy (non-hydrogen) atoms. The molecule has 0 saturated carbocycles. The summed E-state index contributed by atoms with van der Waals surface area (Å²) in [4.78, 5) is 27.1. The topological polar surface area (TPSA) is 37.4 Å². The van der Waals surface area contributed by atoms with Gasteiger partial charge in [0.2, 0.25) is 0 Å². The lowest BCUT2D eigenvalue weighted by Crippen LogP contribution is -2.37. The lowest BCUT2D eigenvalue weighted by molar-refractivity contribution is 0.0897. The summed E-state index contributed by atoms with van der Waals surface area (Å²) in [5, 5.41) is 0. The van der Waals surface area contributed by atoms with Crippen molar-refractivity contribution in [3.05, 3.63) is 102 Å². The van der Waals surface area contributed by atoms with Crippen LogP contribution in [0.1, 0.15) is 26.3 Å². The van der Waals surface area contributed by atoms with Gasteiger partial charge in [-0.15, -0.1) is 0 Å². The Bertz CT molecular complexity index is 789. The van der Waals surface area contributed by atoms with Gasteiger partial charge in [0.25, 0.3) is 11.8 Å². The Morgan fingerprint density at radius 2 is 1.04 bits per heavy atom. The third-order valence-corrected chi connectivity index (χ3v) is 3.74. The first-order chi connectivity index (χ1) is 11.7. The van der Waals surface area contributed by atoms with E-state index in [0.717, 1.165) is 5.56 Å². The zero-order chi connectivity index (χ0) is 16.9. The zero-order valence-electron chi connectivity index (χ0n) is 13.3. The van der Waals surface area contributed by atoms with Crippen LogP contribution in [0.25, 0.3) is 0 Å². The number of rotatable bonds is 3. The van der Waals surface area contributed by atoms with Crippen molar-refractivity contribution in [3.63, 3.8) is 0 Å². The molecule has 2 amide bonds.